The number of carbonyl (C=O) groups is 1. The van der Waals surface area contributed by atoms with Crippen molar-refractivity contribution < 1.29 is 19.0 Å². The van der Waals surface area contributed by atoms with Gasteiger partial charge in [0.15, 0.2) is 11.6 Å². The number of nitriles is 1. The third-order valence-corrected chi connectivity index (χ3v) is 4.60. The average molecular weight is 383 g/mol. The van der Waals surface area contributed by atoms with Crippen molar-refractivity contribution in [3.63, 3.8) is 0 Å². The summed E-state index contributed by atoms with van der Waals surface area (Å²) in [5, 5.41) is 19.4. The van der Waals surface area contributed by atoms with Gasteiger partial charge >= 0.3 is 5.97 Å². The molecule has 3 rings (SSSR count). The molecule has 0 spiro atoms. The molecular weight excluding hydrogens is 369 g/mol. The summed E-state index contributed by atoms with van der Waals surface area (Å²) in [5.74, 6) is -1.42. The smallest absolute Gasteiger partial charge is 0.316 e. The Morgan fingerprint density at radius 2 is 2.00 bits per heavy atom. The molecule has 0 saturated carbocycles. The maximum Gasteiger partial charge on any atom is 0.316 e. The summed E-state index contributed by atoms with van der Waals surface area (Å²) in [6.45, 7) is -0.476. The topological polar surface area (TPSA) is 99.0 Å². The van der Waals surface area contributed by atoms with E-state index in [-0.39, 0.29) is 17.2 Å². The van der Waals surface area contributed by atoms with Crippen LogP contribution < -0.4 is 0 Å². The SMILES string of the molecule is N#C/C(=C(/O)COC(=O)CSc1ccccc1F)c1nc2ccccc2[nH]1. The number of halogens is 1. The van der Waals surface area contributed by atoms with Crippen molar-refractivity contribution in [1.29, 1.82) is 5.26 Å². The zero-order valence-electron chi connectivity index (χ0n) is 14.0. The first-order valence-electron chi connectivity index (χ1n) is 7.88. The number of thioether (sulfide) groups is 1. The van der Waals surface area contributed by atoms with Crippen LogP contribution in [0.4, 0.5) is 4.39 Å². The molecule has 8 heteroatoms. The number of imidazole rings is 1. The lowest BCUT2D eigenvalue weighted by atomic mass is 10.2. The standard InChI is InChI=1S/C19H14FN3O3S/c20-13-5-1-4-8-17(13)27-11-18(25)26-10-16(24)12(9-21)19-22-14-6-2-3-7-15(14)23-19/h1-8,24H,10-11H2,(H,22,23)/b16-12-. The van der Waals surface area contributed by atoms with Crippen molar-refractivity contribution in [2.75, 3.05) is 12.4 Å². The predicted molar refractivity (Wildman–Crippen MR) is 99.3 cm³/mol. The third kappa shape index (κ3) is 4.46. The van der Waals surface area contributed by atoms with E-state index >= 15 is 0 Å². The quantitative estimate of drug-likeness (QED) is 0.290. The Morgan fingerprint density at radius 1 is 1.26 bits per heavy atom. The molecule has 0 amide bonds. The van der Waals surface area contributed by atoms with E-state index in [1.807, 2.05) is 12.1 Å². The molecule has 0 bridgehead atoms. The number of aromatic nitrogens is 2. The van der Waals surface area contributed by atoms with Crippen molar-refractivity contribution in [2.24, 2.45) is 0 Å². The molecule has 3 aromatic rings. The zero-order valence-corrected chi connectivity index (χ0v) is 14.8. The van der Waals surface area contributed by atoms with E-state index in [9.17, 15) is 19.6 Å². The van der Waals surface area contributed by atoms with Gasteiger partial charge in [-0.1, -0.05) is 24.3 Å². The molecule has 0 aliphatic rings. The number of allylic oxidation sites excluding steroid dienone is 1. The third-order valence-electron chi connectivity index (χ3n) is 3.58. The molecule has 6 nitrogen and oxygen atoms in total. The van der Waals surface area contributed by atoms with Crippen LogP contribution in [-0.2, 0) is 9.53 Å². The van der Waals surface area contributed by atoms with Crippen molar-refractivity contribution in [2.45, 2.75) is 4.90 Å². The van der Waals surface area contributed by atoms with Crippen molar-refractivity contribution in [1.82, 2.24) is 9.97 Å². The van der Waals surface area contributed by atoms with Crippen LogP contribution in [0.2, 0.25) is 0 Å². The van der Waals surface area contributed by atoms with Crippen LogP contribution in [0.1, 0.15) is 5.82 Å². The van der Waals surface area contributed by atoms with Gasteiger partial charge in [-0.3, -0.25) is 4.79 Å². The summed E-state index contributed by atoms with van der Waals surface area (Å²) in [6.07, 6.45) is 0. The van der Waals surface area contributed by atoms with Gasteiger partial charge < -0.3 is 14.8 Å². The fourth-order valence-corrected chi connectivity index (χ4v) is 3.02. The van der Waals surface area contributed by atoms with E-state index in [2.05, 4.69) is 9.97 Å². The van der Waals surface area contributed by atoms with Gasteiger partial charge in [0.2, 0.25) is 0 Å². The minimum atomic E-state index is -0.642. The number of nitrogens with zero attached hydrogens (tertiary/aromatic N) is 2. The van der Waals surface area contributed by atoms with Gasteiger partial charge in [-0.15, -0.1) is 11.8 Å². The first-order chi connectivity index (χ1) is 13.1. The minimum absolute atomic E-state index is 0.110. The first-order valence-corrected chi connectivity index (χ1v) is 8.87. The van der Waals surface area contributed by atoms with E-state index in [1.54, 1.807) is 36.4 Å². The molecule has 0 aliphatic heterocycles. The Hall–Kier alpha value is -3.31. The molecule has 1 aromatic heterocycles. The van der Waals surface area contributed by atoms with E-state index in [0.29, 0.717) is 15.9 Å². The highest BCUT2D eigenvalue weighted by molar-refractivity contribution is 8.00. The van der Waals surface area contributed by atoms with Crippen molar-refractivity contribution in [3.8, 4) is 6.07 Å². The molecule has 1 heterocycles. The number of H-pyrrole nitrogens is 1. The molecule has 27 heavy (non-hydrogen) atoms. The zero-order chi connectivity index (χ0) is 19.2. The lowest BCUT2D eigenvalue weighted by Crippen LogP contribution is -2.11. The summed E-state index contributed by atoms with van der Waals surface area (Å²) in [7, 11) is 0. The molecule has 0 unspecified atom stereocenters. The molecule has 0 fully saturated rings. The molecule has 0 saturated heterocycles. The number of carbonyl (C=O) groups excluding carboxylic acids is 1. The van der Waals surface area contributed by atoms with Crippen molar-refractivity contribution in [3.05, 3.63) is 65.9 Å². The van der Waals surface area contributed by atoms with Crippen LogP contribution in [0.3, 0.4) is 0 Å². The van der Waals surface area contributed by atoms with Crippen LogP contribution in [0, 0.1) is 17.1 Å². The molecule has 2 aromatic carbocycles. The number of para-hydroxylation sites is 2. The number of rotatable bonds is 6. The number of aromatic amines is 1. The number of aliphatic hydroxyl groups is 1. The number of fused-ring (bicyclic) bond motifs is 1. The molecule has 136 valence electrons. The van der Waals surface area contributed by atoms with Gasteiger partial charge in [0, 0.05) is 4.90 Å². The summed E-state index contributed by atoms with van der Waals surface area (Å²) in [5.41, 5.74) is 1.25. The maximum atomic E-state index is 13.5. The largest absolute Gasteiger partial charge is 0.507 e. The summed E-state index contributed by atoms with van der Waals surface area (Å²) in [6, 6.07) is 15.1. The summed E-state index contributed by atoms with van der Waals surface area (Å²) >= 11 is 0.990. The number of ether oxygens (including phenoxy) is 1. The highest BCUT2D eigenvalue weighted by Crippen LogP contribution is 2.22. The van der Waals surface area contributed by atoms with Gasteiger partial charge in [-0.05, 0) is 24.3 Å². The number of benzene rings is 2. The molecule has 2 N–H and O–H groups in total. The highest BCUT2D eigenvalue weighted by atomic mass is 32.2. The Labute approximate surface area is 158 Å². The van der Waals surface area contributed by atoms with Crippen LogP contribution >= 0.6 is 11.8 Å². The lowest BCUT2D eigenvalue weighted by Gasteiger charge is -2.06. The molecule has 0 radical (unpaired) electrons. The second kappa shape index (κ2) is 8.38. The monoisotopic (exact) mass is 383 g/mol. The lowest BCUT2D eigenvalue weighted by molar-refractivity contribution is -0.140. The maximum absolute atomic E-state index is 13.5. The van der Waals surface area contributed by atoms with Crippen LogP contribution in [0.5, 0.6) is 0 Å². The Balaban J connectivity index is 1.63. The van der Waals surface area contributed by atoms with E-state index in [0.717, 1.165) is 11.8 Å². The first kappa shape index (κ1) is 18.5. The van der Waals surface area contributed by atoms with Crippen LogP contribution in [0.25, 0.3) is 16.6 Å². The highest BCUT2D eigenvalue weighted by Gasteiger charge is 2.15. The minimum Gasteiger partial charge on any atom is -0.507 e. The van der Waals surface area contributed by atoms with Crippen LogP contribution in [0.15, 0.2) is 59.2 Å². The predicted octanol–water partition coefficient (Wildman–Crippen LogP) is 3.83. The summed E-state index contributed by atoms with van der Waals surface area (Å²) < 4.78 is 18.5. The number of hydrogen-bond donors (Lipinski definition) is 2. The fourth-order valence-electron chi connectivity index (χ4n) is 2.29. The second-order valence-electron chi connectivity index (χ2n) is 5.42. The van der Waals surface area contributed by atoms with E-state index in [1.165, 1.54) is 6.07 Å². The van der Waals surface area contributed by atoms with Crippen LogP contribution in [-0.4, -0.2) is 33.4 Å². The van der Waals surface area contributed by atoms with Gasteiger partial charge in [-0.25, -0.2) is 9.37 Å². The molecular formula is C19H14FN3O3S. The normalized spacial score (nSPS) is 11.7. The van der Waals surface area contributed by atoms with Gasteiger partial charge in [0.1, 0.15) is 24.1 Å². The second-order valence-corrected chi connectivity index (χ2v) is 6.43. The van der Waals surface area contributed by atoms with Gasteiger partial charge in [-0.2, -0.15) is 5.26 Å². The molecule has 0 atom stereocenters. The Morgan fingerprint density at radius 3 is 2.74 bits per heavy atom. The number of hydrogen-bond acceptors (Lipinski definition) is 6. The fraction of sp³-hybridized carbons (Fsp3) is 0.105. The van der Waals surface area contributed by atoms with Gasteiger partial charge in [0.05, 0.1) is 16.8 Å². The average Bonchev–Trinajstić information content (AvgIpc) is 3.10. The Kier molecular flexibility index (Phi) is 5.74. The van der Waals surface area contributed by atoms with E-state index in [4.69, 9.17) is 4.74 Å². The number of aliphatic hydroxyl groups excluding tert-OH is 1. The van der Waals surface area contributed by atoms with Gasteiger partial charge in [0.25, 0.3) is 0 Å². The number of esters is 1. The van der Waals surface area contributed by atoms with Crippen molar-refractivity contribution >= 4 is 34.3 Å². The number of nitrogens with one attached hydrogen (secondary N) is 1. The van der Waals surface area contributed by atoms with E-state index < -0.39 is 24.2 Å². The Bertz CT molecular complexity index is 1020. The molecule has 0 aliphatic carbocycles. The summed E-state index contributed by atoms with van der Waals surface area (Å²) in [4.78, 5) is 19.3.